The van der Waals surface area contributed by atoms with E-state index in [4.69, 9.17) is 0 Å². The molecule has 2 rings (SSSR count). The minimum atomic E-state index is 0.290. The molecule has 0 spiro atoms. The monoisotopic (exact) mass is 595 g/mol. The lowest BCUT2D eigenvalue weighted by Crippen LogP contribution is -2.53. The topological polar surface area (TPSA) is 40.5 Å². The normalized spacial score (nSPS) is 30.3. The Morgan fingerprint density at radius 1 is 0.619 bits per heavy atom. The molecule has 2 aliphatic rings. The standard InChI is InChI=1S/C38H78N2O2/c1-31-17-15-23-37(5,6)35(31)21-19-33(3)39(9,27-29-41)25-13-11-12-14-26-40(10,28-30-42)34(4)20-22-36-32(2)18-16-24-38(36,7)8/h31-36,41-42H,11-30H2,1-10H3/q+2. The van der Waals surface area contributed by atoms with Crippen molar-refractivity contribution >= 4 is 0 Å². The van der Waals surface area contributed by atoms with Gasteiger partial charge in [-0.15, -0.1) is 0 Å². The molecular weight excluding hydrogens is 516 g/mol. The van der Waals surface area contributed by atoms with Gasteiger partial charge in [0.05, 0.1) is 52.5 Å². The summed E-state index contributed by atoms with van der Waals surface area (Å²) in [6.45, 7) is 24.6. The van der Waals surface area contributed by atoms with E-state index in [1.165, 1.54) is 103 Å². The highest BCUT2D eigenvalue weighted by molar-refractivity contribution is 4.88. The van der Waals surface area contributed by atoms with Crippen LogP contribution in [0.15, 0.2) is 0 Å². The summed E-state index contributed by atoms with van der Waals surface area (Å²) < 4.78 is 2.03. The number of hydrogen-bond donors (Lipinski definition) is 2. The summed E-state index contributed by atoms with van der Waals surface area (Å²) in [6.07, 6.45) is 18.6. The molecule has 8 atom stereocenters. The number of aliphatic hydroxyl groups excluding tert-OH is 2. The lowest BCUT2D eigenvalue weighted by atomic mass is 9.62. The molecule has 2 N–H and O–H groups in total. The fourth-order valence-electron chi connectivity index (χ4n) is 9.75. The third-order valence-corrected chi connectivity index (χ3v) is 13.6. The SMILES string of the molecule is CC1CCCC(C)(C)C1CCC(C)[N+](C)(CCO)CCCCCC[N+](C)(CCO)C(C)CCC1C(C)CCCC1(C)C. The fourth-order valence-corrected chi connectivity index (χ4v) is 9.75. The Morgan fingerprint density at radius 2 is 0.976 bits per heavy atom. The van der Waals surface area contributed by atoms with Crippen LogP contribution in [-0.4, -0.2) is 84.8 Å². The molecular formula is C38H78N2O2+2. The maximum absolute atomic E-state index is 9.96. The molecule has 2 fully saturated rings. The average molecular weight is 595 g/mol. The van der Waals surface area contributed by atoms with Crippen molar-refractivity contribution in [1.29, 1.82) is 0 Å². The van der Waals surface area contributed by atoms with Crippen LogP contribution in [0.3, 0.4) is 0 Å². The molecule has 2 aliphatic carbocycles. The van der Waals surface area contributed by atoms with Gasteiger partial charge in [-0.1, -0.05) is 67.2 Å². The number of quaternary nitrogens is 2. The number of rotatable bonds is 19. The molecule has 8 unspecified atom stereocenters. The molecule has 0 aliphatic heterocycles. The number of aliphatic hydroxyl groups is 2. The number of unbranched alkanes of at least 4 members (excludes halogenated alkanes) is 3. The Labute approximate surface area is 264 Å². The minimum Gasteiger partial charge on any atom is -0.391 e. The first-order chi connectivity index (χ1) is 19.6. The lowest BCUT2D eigenvalue weighted by molar-refractivity contribution is -0.933. The zero-order chi connectivity index (χ0) is 31.6. The molecule has 0 aromatic rings. The van der Waals surface area contributed by atoms with Gasteiger partial charge in [-0.05, 0) is 113 Å². The second-order valence-electron chi connectivity index (χ2n) is 17.5. The second-order valence-corrected chi connectivity index (χ2v) is 17.5. The highest BCUT2D eigenvalue weighted by Gasteiger charge is 2.39. The maximum atomic E-state index is 9.96. The third kappa shape index (κ3) is 10.7. The van der Waals surface area contributed by atoms with E-state index in [0.29, 0.717) is 22.9 Å². The van der Waals surface area contributed by atoms with Gasteiger partial charge in [0, 0.05) is 0 Å². The molecule has 42 heavy (non-hydrogen) atoms. The van der Waals surface area contributed by atoms with E-state index in [9.17, 15) is 10.2 Å². The van der Waals surface area contributed by atoms with Gasteiger partial charge in [-0.25, -0.2) is 0 Å². The van der Waals surface area contributed by atoms with Crippen molar-refractivity contribution in [3.63, 3.8) is 0 Å². The zero-order valence-electron chi connectivity index (χ0n) is 30.4. The molecule has 0 amide bonds. The average Bonchev–Trinajstić information content (AvgIpc) is 2.89. The highest BCUT2D eigenvalue weighted by Crippen LogP contribution is 2.47. The van der Waals surface area contributed by atoms with Gasteiger partial charge in [-0.3, -0.25) is 0 Å². The van der Waals surface area contributed by atoms with E-state index in [1.807, 2.05) is 0 Å². The van der Waals surface area contributed by atoms with Gasteiger partial charge >= 0.3 is 0 Å². The van der Waals surface area contributed by atoms with Crippen molar-refractivity contribution in [2.75, 3.05) is 53.5 Å². The number of hydrogen-bond acceptors (Lipinski definition) is 2. The summed E-state index contributed by atoms with van der Waals surface area (Å²) in [5, 5.41) is 19.9. The van der Waals surface area contributed by atoms with E-state index in [2.05, 4.69) is 69.5 Å². The first-order valence-electron chi connectivity index (χ1n) is 18.5. The predicted molar refractivity (Wildman–Crippen MR) is 182 cm³/mol. The van der Waals surface area contributed by atoms with Gasteiger partial charge < -0.3 is 19.2 Å². The van der Waals surface area contributed by atoms with Crippen molar-refractivity contribution in [2.24, 2.45) is 34.5 Å². The van der Waals surface area contributed by atoms with Crippen LogP contribution in [0.2, 0.25) is 0 Å². The van der Waals surface area contributed by atoms with Gasteiger partial charge in [0.1, 0.15) is 13.1 Å². The molecule has 2 saturated carbocycles. The van der Waals surface area contributed by atoms with Crippen molar-refractivity contribution in [1.82, 2.24) is 0 Å². The smallest absolute Gasteiger partial charge is 0.102 e. The molecule has 250 valence electrons. The van der Waals surface area contributed by atoms with Crippen LogP contribution >= 0.6 is 0 Å². The Bertz CT molecular complexity index is 691. The first kappa shape index (κ1) is 38.0. The third-order valence-electron chi connectivity index (χ3n) is 13.6. The Morgan fingerprint density at radius 3 is 1.29 bits per heavy atom. The van der Waals surface area contributed by atoms with Crippen LogP contribution in [0.5, 0.6) is 0 Å². The molecule has 0 aromatic heterocycles. The molecule has 0 bridgehead atoms. The highest BCUT2D eigenvalue weighted by atomic mass is 16.3. The van der Waals surface area contributed by atoms with Crippen LogP contribution < -0.4 is 0 Å². The minimum absolute atomic E-state index is 0.290. The van der Waals surface area contributed by atoms with Gasteiger partial charge in [0.2, 0.25) is 0 Å². The molecule has 0 aromatic carbocycles. The van der Waals surface area contributed by atoms with E-state index in [-0.39, 0.29) is 13.2 Å². The van der Waals surface area contributed by atoms with Crippen LogP contribution in [0.1, 0.15) is 145 Å². The predicted octanol–water partition coefficient (Wildman–Crippen LogP) is 8.69. The molecule has 0 saturated heterocycles. The molecule has 4 nitrogen and oxygen atoms in total. The van der Waals surface area contributed by atoms with E-state index in [0.717, 1.165) is 45.7 Å². The molecule has 4 heteroatoms. The Hall–Kier alpha value is -0.160. The summed E-state index contributed by atoms with van der Waals surface area (Å²) in [7, 11) is 4.81. The number of nitrogens with zero attached hydrogens (tertiary/aromatic N) is 2. The van der Waals surface area contributed by atoms with Crippen molar-refractivity contribution in [3.8, 4) is 0 Å². The first-order valence-corrected chi connectivity index (χ1v) is 18.5. The van der Waals surface area contributed by atoms with Crippen LogP contribution in [-0.2, 0) is 0 Å². The zero-order valence-corrected chi connectivity index (χ0v) is 30.4. The summed E-state index contributed by atoms with van der Waals surface area (Å²) in [5.41, 5.74) is 0.951. The van der Waals surface area contributed by atoms with Crippen molar-refractivity contribution < 1.29 is 19.2 Å². The van der Waals surface area contributed by atoms with Gasteiger partial charge in [0.15, 0.2) is 0 Å². The summed E-state index contributed by atoms with van der Waals surface area (Å²) in [5.74, 6) is 3.36. The second kappa shape index (κ2) is 17.0. The van der Waals surface area contributed by atoms with Gasteiger partial charge in [-0.2, -0.15) is 0 Å². The maximum Gasteiger partial charge on any atom is 0.102 e. The number of likely N-dealkylation sites (N-methyl/N-ethyl adjacent to an activating group) is 2. The van der Waals surface area contributed by atoms with Crippen LogP contribution in [0.4, 0.5) is 0 Å². The van der Waals surface area contributed by atoms with Crippen molar-refractivity contribution in [3.05, 3.63) is 0 Å². The van der Waals surface area contributed by atoms with Crippen LogP contribution in [0, 0.1) is 34.5 Å². The van der Waals surface area contributed by atoms with Crippen molar-refractivity contribution in [2.45, 2.75) is 157 Å². The van der Waals surface area contributed by atoms with E-state index >= 15 is 0 Å². The molecule has 0 heterocycles. The summed E-state index contributed by atoms with van der Waals surface area (Å²) in [4.78, 5) is 0. The largest absolute Gasteiger partial charge is 0.391 e. The van der Waals surface area contributed by atoms with E-state index < -0.39 is 0 Å². The van der Waals surface area contributed by atoms with Crippen LogP contribution in [0.25, 0.3) is 0 Å². The fraction of sp³-hybridized carbons (Fsp3) is 1.00. The summed E-state index contributed by atoms with van der Waals surface area (Å²) in [6, 6.07) is 1.20. The Balaban J connectivity index is 1.81. The summed E-state index contributed by atoms with van der Waals surface area (Å²) >= 11 is 0. The molecule has 0 radical (unpaired) electrons. The van der Waals surface area contributed by atoms with Gasteiger partial charge in [0.25, 0.3) is 0 Å². The Kier molecular flexibility index (Phi) is 15.3. The quantitative estimate of drug-likeness (QED) is 0.116. The van der Waals surface area contributed by atoms with E-state index in [1.54, 1.807) is 0 Å². The lowest BCUT2D eigenvalue weighted by Gasteiger charge is -2.45.